The molecule has 1 saturated carbocycles. The van der Waals surface area contributed by atoms with E-state index in [4.69, 9.17) is 9.84 Å². The fourth-order valence-electron chi connectivity index (χ4n) is 4.89. The molecular formula is C27H52N2O6. The lowest BCUT2D eigenvalue weighted by molar-refractivity contribution is -0.156. The number of aliphatic hydroxyl groups is 2. The summed E-state index contributed by atoms with van der Waals surface area (Å²) in [5.74, 6) is -2.09. The number of nitrogens with one attached hydrogen (secondary N) is 2. The number of aliphatic hydroxyl groups excluding tert-OH is 2. The van der Waals surface area contributed by atoms with Crippen molar-refractivity contribution in [2.24, 2.45) is 11.8 Å². The van der Waals surface area contributed by atoms with Crippen LogP contribution < -0.4 is 10.6 Å². The molecule has 5 N–H and O–H groups in total. The lowest BCUT2D eigenvalue weighted by Gasteiger charge is -2.40. The Bertz CT molecular complexity index is 576. The predicted octanol–water partition coefficient (Wildman–Crippen LogP) is 3.63. The Morgan fingerprint density at radius 2 is 1.51 bits per heavy atom. The summed E-state index contributed by atoms with van der Waals surface area (Å²) < 4.78 is 6.06. The first-order chi connectivity index (χ1) is 16.8. The standard InChI is InChI=1S/C27H52N2O6/c1-4-5-6-7-8-9-10-11-12-15-18-35-23-19-21(25(31)24(30)20(23)2)26(32)29-17-14-13-16-22(28-3)27(33)34/h20-25,28,30-31H,4-19H2,1-3H3,(H,29,32)(H,33,34)/t20-,21-,22-,23+,24+,25+/m0/s1. The monoisotopic (exact) mass is 500 g/mol. The molecule has 0 unspecified atom stereocenters. The number of hydrogen-bond acceptors (Lipinski definition) is 6. The fourth-order valence-corrected chi connectivity index (χ4v) is 4.89. The molecule has 0 aromatic carbocycles. The van der Waals surface area contributed by atoms with Crippen molar-refractivity contribution in [3.63, 3.8) is 0 Å². The van der Waals surface area contributed by atoms with Crippen molar-refractivity contribution in [3.8, 4) is 0 Å². The van der Waals surface area contributed by atoms with Gasteiger partial charge in [0, 0.05) is 19.1 Å². The highest BCUT2D eigenvalue weighted by atomic mass is 16.5. The molecule has 206 valence electrons. The van der Waals surface area contributed by atoms with Gasteiger partial charge in [0.05, 0.1) is 24.2 Å². The van der Waals surface area contributed by atoms with Crippen molar-refractivity contribution in [1.29, 1.82) is 0 Å². The van der Waals surface area contributed by atoms with Gasteiger partial charge in [-0.3, -0.25) is 9.59 Å². The van der Waals surface area contributed by atoms with Crippen molar-refractivity contribution in [3.05, 3.63) is 0 Å². The summed E-state index contributed by atoms with van der Waals surface area (Å²) >= 11 is 0. The van der Waals surface area contributed by atoms with Crippen LogP contribution >= 0.6 is 0 Å². The van der Waals surface area contributed by atoms with Gasteiger partial charge in [0.25, 0.3) is 0 Å². The van der Waals surface area contributed by atoms with E-state index in [2.05, 4.69) is 17.6 Å². The average Bonchev–Trinajstić information content (AvgIpc) is 2.84. The molecule has 8 nitrogen and oxygen atoms in total. The number of carboxylic acid groups (broad SMARTS) is 1. The van der Waals surface area contributed by atoms with E-state index in [-0.39, 0.29) is 17.9 Å². The molecule has 0 radical (unpaired) electrons. The first-order valence-corrected chi connectivity index (χ1v) is 14.0. The zero-order chi connectivity index (χ0) is 26.1. The normalized spacial score (nSPS) is 25.3. The number of carbonyl (C=O) groups is 2. The van der Waals surface area contributed by atoms with Crippen LogP contribution in [0.15, 0.2) is 0 Å². The Morgan fingerprint density at radius 1 is 0.914 bits per heavy atom. The number of hydrogen-bond donors (Lipinski definition) is 5. The second-order valence-electron chi connectivity index (χ2n) is 10.2. The molecule has 1 amide bonds. The zero-order valence-electron chi connectivity index (χ0n) is 22.3. The smallest absolute Gasteiger partial charge is 0.320 e. The highest BCUT2D eigenvalue weighted by molar-refractivity contribution is 5.79. The Hall–Kier alpha value is -1.22. The topological polar surface area (TPSA) is 128 Å². The maximum Gasteiger partial charge on any atom is 0.320 e. The SMILES string of the molecule is CCCCCCCCCCCCO[C@@H]1C[C@H](C(=O)NCCCC[C@H](NC)C(=O)O)[C@@H](O)[C@H](O)[C@H]1C. The predicted molar refractivity (Wildman–Crippen MR) is 138 cm³/mol. The number of amides is 1. The van der Waals surface area contributed by atoms with Crippen molar-refractivity contribution < 1.29 is 29.6 Å². The minimum atomic E-state index is -1.11. The van der Waals surface area contributed by atoms with Crippen LogP contribution in [0.2, 0.25) is 0 Å². The van der Waals surface area contributed by atoms with Crippen LogP contribution in [0, 0.1) is 11.8 Å². The van der Waals surface area contributed by atoms with E-state index in [1.165, 1.54) is 51.4 Å². The summed E-state index contributed by atoms with van der Waals surface area (Å²) in [5, 5.41) is 35.6. The molecule has 0 saturated heterocycles. The third kappa shape index (κ3) is 12.5. The third-order valence-corrected chi connectivity index (χ3v) is 7.41. The average molecular weight is 501 g/mol. The molecule has 0 spiro atoms. The molecule has 0 bridgehead atoms. The number of carbonyl (C=O) groups excluding carboxylic acids is 1. The van der Waals surface area contributed by atoms with Crippen LogP contribution in [0.4, 0.5) is 0 Å². The van der Waals surface area contributed by atoms with Gasteiger partial charge in [-0.05, 0) is 39.2 Å². The van der Waals surface area contributed by atoms with E-state index in [1.54, 1.807) is 7.05 Å². The van der Waals surface area contributed by atoms with Gasteiger partial charge in [-0.2, -0.15) is 0 Å². The minimum absolute atomic E-state index is 0.230. The van der Waals surface area contributed by atoms with E-state index in [9.17, 15) is 19.8 Å². The van der Waals surface area contributed by atoms with E-state index in [0.29, 0.717) is 38.8 Å². The molecule has 1 rings (SSSR count). The van der Waals surface area contributed by atoms with Crippen LogP contribution in [0.5, 0.6) is 0 Å². The molecule has 6 atom stereocenters. The third-order valence-electron chi connectivity index (χ3n) is 7.41. The van der Waals surface area contributed by atoms with Gasteiger partial charge < -0.3 is 30.7 Å². The summed E-state index contributed by atoms with van der Waals surface area (Å²) in [6, 6.07) is -0.587. The van der Waals surface area contributed by atoms with Gasteiger partial charge in [0.15, 0.2) is 0 Å². The molecule has 0 aromatic heterocycles. The highest BCUT2D eigenvalue weighted by Crippen LogP contribution is 2.32. The number of likely N-dealkylation sites (N-methyl/N-ethyl adjacent to an activating group) is 1. The summed E-state index contributed by atoms with van der Waals surface area (Å²) in [6.45, 7) is 5.13. The molecule has 0 aromatic rings. The van der Waals surface area contributed by atoms with Crippen molar-refractivity contribution in [1.82, 2.24) is 10.6 Å². The van der Waals surface area contributed by atoms with Crippen molar-refractivity contribution in [2.75, 3.05) is 20.2 Å². The van der Waals surface area contributed by atoms with Crippen molar-refractivity contribution >= 4 is 11.9 Å². The first-order valence-electron chi connectivity index (χ1n) is 14.0. The second-order valence-corrected chi connectivity index (χ2v) is 10.2. The first kappa shape index (κ1) is 31.8. The van der Waals surface area contributed by atoms with Gasteiger partial charge >= 0.3 is 5.97 Å². The maximum atomic E-state index is 12.7. The van der Waals surface area contributed by atoms with Gasteiger partial charge in [-0.15, -0.1) is 0 Å². The molecule has 35 heavy (non-hydrogen) atoms. The Kier molecular flexibility index (Phi) is 17.2. The zero-order valence-corrected chi connectivity index (χ0v) is 22.3. The highest BCUT2D eigenvalue weighted by Gasteiger charge is 2.44. The molecule has 1 aliphatic rings. The number of carboxylic acids is 1. The molecule has 1 aliphatic carbocycles. The Morgan fingerprint density at radius 3 is 2.09 bits per heavy atom. The Labute approximate surface area is 212 Å². The van der Waals surface area contributed by atoms with Crippen LogP contribution in [0.25, 0.3) is 0 Å². The van der Waals surface area contributed by atoms with Crippen molar-refractivity contribution in [2.45, 2.75) is 128 Å². The van der Waals surface area contributed by atoms with Gasteiger partial charge in [0.1, 0.15) is 6.04 Å². The van der Waals surface area contributed by atoms with Gasteiger partial charge in [0.2, 0.25) is 5.91 Å². The lowest BCUT2D eigenvalue weighted by Crippen LogP contribution is -2.54. The number of ether oxygens (including phenoxy) is 1. The van der Waals surface area contributed by atoms with E-state index in [0.717, 1.165) is 12.8 Å². The summed E-state index contributed by atoms with van der Waals surface area (Å²) in [6.07, 6.45) is 12.4. The fraction of sp³-hybridized carbons (Fsp3) is 0.926. The summed E-state index contributed by atoms with van der Waals surface area (Å²) in [5.41, 5.74) is 0. The van der Waals surface area contributed by atoms with E-state index >= 15 is 0 Å². The second kappa shape index (κ2) is 19.0. The largest absolute Gasteiger partial charge is 0.480 e. The van der Waals surface area contributed by atoms with E-state index < -0.39 is 30.1 Å². The number of aliphatic carboxylic acids is 1. The summed E-state index contributed by atoms with van der Waals surface area (Å²) in [7, 11) is 1.62. The van der Waals surface area contributed by atoms with Crippen LogP contribution in [-0.2, 0) is 14.3 Å². The van der Waals surface area contributed by atoms with Crippen LogP contribution in [-0.4, -0.2) is 71.7 Å². The lowest BCUT2D eigenvalue weighted by atomic mass is 9.76. The quantitative estimate of drug-likeness (QED) is 0.162. The van der Waals surface area contributed by atoms with Gasteiger partial charge in [-0.1, -0.05) is 71.6 Å². The van der Waals surface area contributed by atoms with Crippen LogP contribution in [0.1, 0.15) is 104 Å². The minimum Gasteiger partial charge on any atom is -0.480 e. The van der Waals surface area contributed by atoms with Crippen LogP contribution in [0.3, 0.4) is 0 Å². The van der Waals surface area contributed by atoms with E-state index in [1.807, 2.05) is 6.92 Å². The maximum absolute atomic E-state index is 12.7. The molecule has 8 heteroatoms. The number of rotatable bonds is 20. The molecular weight excluding hydrogens is 448 g/mol. The molecule has 0 heterocycles. The molecule has 1 fully saturated rings. The Balaban J connectivity index is 2.27. The van der Waals surface area contributed by atoms with Gasteiger partial charge in [-0.25, -0.2) is 0 Å². The number of unbranched alkanes of at least 4 members (excludes halogenated alkanes) is 10. The summed E-state index contributed by atoms with van der Waals surface area (Å²) in [4.78, 5) is 23.7. The molecule has 0 aliphatic heterocycles.